The van der Waals surface area contributed by atoms with Gasteiger partial charge in [-0.2, -0.15) is 12.1 Å². The van der Waals surface area contributed by atoms with E-state index in [1.165, 1.54) is 66.4 Å². The van der Waals surface area contributed by atoms with Gasteiger partial charge < -0.3 is 14.9 Å². The molecule has 8 rings (SSSR count). The predicted molar refractivity (Wildman–Crippen MR) is 251 cm³/mol. The average molecular weight is 905 g/mol. The van der Waals surface area contributed by atoms with Gasteiger partial charge in [0.2, 0.25) is 0 Å². The first-order chi connectivity index (χ1) is 25.0. The first-order valence-electron chi connectivity index (χ1n) is 17.5. The van der Waals surface area contributed by atoms with Crippen LogP contribution in [-0.2, 0) is 23.3 Å². The van der Waals surface area contributed by atoms with Crippen LogP contribution in [0, 0.1) is 14.9 Å². The van der Waals surface area contributed by atoms with Crippen molar-refractivity contribution in [1.82, 2.24) is 19.9 Å². The molecule has 0 amide bonds. The maximum atomic E-state index is 4.60. The van der Waals surface area contributed by atoms with E-state index in [0.29, 0.717) is 0 Å². The van der Waals surface area contributed by atoms with Crippen LogP contribution in [-0.4, -0.2) is 43.0 Å². The third-order valence-corrected chi connectivity index (χ3v) is 13.2. The zero-order chi connectivity index (χ0) is 36.9. The molecular weight excluding hydrogens is 855 g/mol. The zero-order valence-corrected chi connectivity index (χ0v) is 40.6. The monoisotopic (exact) mass is 902 g/mol. The number of hydrogen-bond acceptors (Lipinski definition) is 4. The number of aromatic nitrogens is 4. The molecule has 0 aliphatic heterocycles. The Morgan fingerprint density at radius 2 is 0.750 bits per heavy atom. The SMILES string of the molecule is C[Si](C)(C)c1cc2c(-c3ccccn3)cc(-c3ccccn3)cc2[cH-]1.C[Si](C)(C)c1cc2c(-c3ccccn3)cc(-c3ccccn3)cc2[cH-]1.Cl.Cl.[CH3-].[CH3-].[Si]=[Zr]. The number of halogens is 2. The summed E-state index contributed by atoms with van der Waals surface area (Å²) < 4.78 is 0. The molecule has 0 bridgehead atoms. The fourth-order valence-electron chi connectivity index (χ4n) is 6.34. The van der Waals surface area contributed by atoms with Crippen LogP contribution in [0.4, 0.5) is 0 Å². The number of fused-ring (bicyclic) bond motifs is 2. The molecule has 2 radical (unpaired) electrons. The van der Waals surface area contributed by atoms with Crippen LogP contribution in [0.25, 0.3) is 66.6 Å². The molecule has 0 spiro atoms. The van der Waals surface area contributed by atoms with Gasteiger partial charge in [-0.05, 0) is 70.8 Å². The van der Waals surface area contributed by atoms with E-state index in [1.54, 1.807) is 0 Å². The van der Waals surface area contributed by atoms with Crippen molar-refractivity contribution in [3.63, 3.8) is 0 Å². The molecule has 0 saturated carbocycles. The van der Waals surface area contributed by atoms with Gasteiger partial charge in [-0.15, -0.1) is 81.0 Å². The van der Waals surface area contributed by atoms with Crippen LogP contribution in [0.1, 0.15) is 0 Å². The second-order valence-corrected chi connectivity index (χ2v) is 25.1. The maximum absolute atomic E-state index is 4.60. The minimum absolute atomic E-state index is 0. The molecule has 4 nitrogen and oxygen atoms in total. The summed E-state index contributed by atoms with van der Waals surface area (Å²) >= 11 is 1.36. The van der Waals surface area contributed by atoms with Gasteiger partial charge in [0.05, 0.1) is 38.9 Å². The van der Waals surface area contributed by atoms with Gasteiger partial charge in [0, 0.05) is 24.8 Å². The quantitative estimate of drug-likeness (QED) is 0.123. The van der Waals surface area contributed by atoms with Crippen molar-refractivity contribution in [3.8, 4) is 45.0 Å². The number of rotatable bonds is 6. The van der Waals surface area contributed by atoms with Crippen molar-refractivity contribution in [1.29, 1.82) is 0 Å². The van der Waals surface area contributed by atoms with E-state index in [1.807, 2.05) is 73.3 Å². The van der Waals surface area contributed by atoms with E-state index in [9.17, 15) is 0 Å². The summed E-state index contributed by atoms with van der Waals surface area (Å²) in [6.45, 7) is 17.4. The molecule has 10 heteroatoms. The zero-order valence-electron chi connectivity index (χ0n) is 33.5. The van der Waals surface area contributed by atoms with E-state index in [-0.39, 0.29) is 39.7 Å². The molecule has 0 fully saturated rings. The molecule has 0 unspecified atom stereocenters. The minimum atomic E-state index is -1.37. The van der Waals surface area contributed by atoms with Crippen LogP contribution >= 0.6 is 24.8 Å². The molecule has 4 aromatic heterocycles. The summed E-state index contributed by atoms with van der Waals surface area (Å²) in [6.07, 6.45) is 7.41. The predicted octanol–water partition coefficient (Wildman–Crippen LogP) is 11.8. The van der Waals surface area contributed by atoms with E-state index in [2.05, 4.69) is 139 Å². The third kappa shape index (κ3) is 11.3. The Morgan fingerprint density at radius 3 is 1.02 bits per heavy atom. The van der Waals surface area contributed by atoms with Gasteiger partial charge in [0.25, 0.3) is 0 Å². The molecule has 288 valence electrons. The molecule has 4 aromatic carbocycles. The van der Waals surface area contributed by atoms with Crippen molar-refractivity contribution in [2.75, 3.05) is 0 Å². The van der Waals surface area contributed by atoms with Crippen LogP contribution < -0.4 is 10.4 Å². The van der Waals surface area contributed by atoms with Crippen molar-refractivity contribution in [2.45, 2.75) is 39.3 Å². The fraction of sp³-hybridized carbons (Fsp3) is 0.130. The van der Waals surface area contributed by atoms with Crippen molar-refractivity contribution in [2.24, 2.45) is 0 Å². The third-order valence-electron chi connectivity index (χ3n) is 9.18. The number of hydrogen-bond donors (Lipinski definition) is 0. The van der Waals surface area contributed by atoms with Gasteiger partial charge in [-0.25, -0.2) is 0 Å². The van der Waals surface area contributed by atoms with E-state index in [0.717, 1.165) is 33.9 Å². The Balaban J connectivity index is 0.000000347. The van der Waals surface area contributed by atoms with Gasteiger partial charge >= 0.3 is 30.2 Å². The average Bonchev–Trinajstić information content (AvgIpc) is 3.83. The van der Waals surface area contributed by atoms with Gasteiger partial charge in [-0.1, -0.05) is 75.7 Å². The van der Waals surface area contributed by atoms with Crippen LogP contribution in [0.15, 0.2) is 146 Å². The molecular formula is C46H50Cl2N4Si3Zr-4. The van der Waals surface area contributed by atoms with Crippen LogP contribution in [0.5, 0.6) is 0 Å². The summed E-state index contributed by atoms with van der Waals surface area (Å²) in [5.74, 6) is 0. The Labute approximate surface area is 365 Å². The van der Waals surface area contributed by atoms with Gasteiger partial charge in [-0.3, -0.25) is 19.9 Å². The van der Waals surface area contributed by atoms with Crippen molar-refractivity contribution < 1.29 is 23.3 Å². The topological polar surface area (TPSA) is 51.6 Å². The second kappa shape index (κ2) is 21.2. The molecule has 0 atom stereocenters. The number of pyridine rings is 4. The first-order valence-corrected chi connectivity index (χ1v) is 28.6. The van der Waals surface area contributed by atoms with Crippen LogP contribution in [0.2, 0.25) is 39.3 Å². The molecule has 0 saturated heterocycles. The molecule has 0 N–H and O–H groups in total. The van der Waals surface area contributed by atoms with Gasteiger partial charge in [0.1, 0.15) is 0 Å². The summed E-state index contributed by atoms with van der Waals surface area (Å²) in [7, 11) is -2.75. The Kier molecular flexibility index (Phi) is 18.4. The Hall–Kier alpha value is -3.63. The first kappa shape index (κ1) is 48.5. The molecule has 4 heterocycles. The van der Waals surface area contributed by atoms with Crippen LogP contribution in [0.3, 0.4) is 0 Å². The number of nitrogens with zero attached hydrogens (tertiary/aromatic N) is 4. The van der Waals surface area contributed by atoms with Gasteiger partial charge in [0.15, 0.2) is 0 Å². The summed E-state index contributed by atoms with van der Waals surface area (Å²) in [5, 5.41) is 8.10. The summed E-state index contributed by atoms with van der Waals surface area (Å²) in [6, 6.07) is 42.7. The van der Waals surface area contributed by atoms with Crippen molar-refractivity contribution in [3.05, 3.63) is 161 Å². The van der Waals surface area contributed by atoms with E-state index >= 15 is 0 Å². The molecule has 0 aliphatic rings. The van der Waals surface area contributed by atoms with E-state index in [4.69, 9.17) is 0 Å². The second-order valence-electron chi connectivity index (χ2n) is 14.9. The van der Waals surface area contributed by atoms with E-state index < -0.39 is 16.1 Å². The summed E-state index contributed by atoms with van der Waals surface area (Å²) in [5.41, 5.74) is 8.67. The molecule has 8 aromatic rings. The Morgan fingerprint density at radius 1 is 0.446 bits per heavy atom. The molecule has 0 aliphatic carbocycles. The standard InChI is InChI=1S/2C22H21N2Si.2CH3.2ClH.Si.Zr/c2*1-25(2,3)18-13-16-12-17(21-8-4-6-10-23-21)14-20(19(16)15-18)22-9-5-7-11-24-22;;;;;;/h2*4-15H,1-3H3;2*1H3;2*1H;;/q4*-1;;;;. The number of benzene rings is 2. The Bertz CT molecular complexity index is 2240. The van der Waals surface area contributed by atoms with Crippen molar-refractivity contribution >= 4 is 79.8 Å². The fourth-order valence-corrected chi connectivity index (χ4v) is 8.67. The normalized spacial score (nSPS) is 10.6. The summed E-state index contributed by atoms with van der Waals surface area (Å²) in [4.78, 5) is 18.3. The molecule has 56 heavy (non-hydrogen) atoms.